The first-order valence-corrected chi connectivity index (χ1v) is 6.93. The van der Waals surface area contributed by atoms with Crippen molar-refractivity contribution in [3.8, 4) is 0 Å². The molecule has 0 rings (SSSR count). The van der Waals surface area contributed by atoms with Gasteiger partial charge < -0.3 is 0 Å². The molecule has 0 unspecified atom stereocenters. The Balaban J connectivity index is 2.76. The first-order chi connectivity index (χ1) is 6.41. The van der Waals surface area contributed by atoms with Gasteiger partial charge in [-0.05, 0) is 0 Å². The minimum Gasteiger partial charge on any atom is -0.118 e. The summed E-state index contributed by atoms with van der Waals surface area (Å²) in [6.07, 6.45) is 14.5. The zero-order valence-corrected chi connectivity index (χ0v) is 10.5. The van der Waals surface area contributed by atoms with E-state index >= 15 is 0 Å². The summed E-state index contributed by atoms with van der Waals surface area (Å²) in [5, 5.41) is 1.29. The van der Waals surface area contributed by atoms with Gasteiger partial charge in [0.25, 0.3) is 0 Å². The molecule has 0 aromatic carbocycles. The van der Waals surface area contributed by atoms with Gasteiger partial charge in [-0.25, -0.2) is 0 Å². The molecule has 0 bridgehead atoms. The summed E-state index contributed by atoms with van der Waals surface area (Å²) in [4.78, 5) is 0. The third kappa shape index (κ3) is 12.5. The Morgan fingerprint density at radius 3 is 1.38 bits per heavy atom. The molecule has 76 valence electrons. The van der Waals surface area contributed by atoms with Crippen molar-refractivity contribution in [2.45, 2.75) is 76.4 Å². The molecule has 0 spiro atoms. The van der Waals surface area contributed by atoms with Crippen LogP contribution in [0.2, 0.25) is 5.28 Å². The monoisotopic (exact) mass is 196 g/mol. The number of hydrogen-bond donors (Lipinski definition) is 0. The lowest BCUT2D eigenvalue weighted by atomic mass is 10.1. The lowest BCUT2D eigenvalue weighted by Crippen LogP contribution is -1.81. The van der Waals surface area contributed by atoms with Gasteiger partial charge in [0.05, 0.1) is 0 Å². The van der Waals surface area contributed by atoms with Gasteiger partial charge >= 0.3 is 0 Å². The number of hydrogen-bond acceptors (Lipinski definition) is 0. The average Bonchev–Trinajstić information content (AvgIpc) is 2.16. The van der Waals surface area contributed by atoms with Crippen LogP contribution >= 0.6 is 0 Å². The van der Waals surface area contributed by atoms with Crippen LogP contribution in [0.4, 0.5) is 0 Å². The Morgan fingerprint density at radius 1 is 0.615 bits per heavy atom. The summed E-state index contributed by atoms with van der Waals surface area (Å²) in [5.74, 6) is 0. The number of rotatable bonds is 10. The van der Waals surface area contributed by atoms with Crippen molar-refractivity contribution in [1.29, 1.82) is 0 Å². The molecule has 1 heteroatoms. The van der Waals surface area contributed by atoms with E-state index in [1.807, 2.05) is 0 Å². The SMILES string of the molecule is CCCCCCCCCCC[CH2][Al]. The Kier molecular flexibility index (Phi) is 13.0. The van der Waals surface area contributed by atoms with E-state index in [4.69, 9.17) is 0 Å². The average molecular weight is 196 g/mol. The van der Waals surface area contributed by atoms with Crippen molar-refractivity contribution in [3.63, 3.8) is 0 Å². The van der Waals surface area contributed by atoms with E-state index in [1.165, 1.54) is 69.5 Å². The van der Waals surface area contributed by atoms with Gasteiger partial charge in [-0.1, -0.05) is 71.1 Å². The molecule has 0 N–H and O–H groups in total. The van der Waals surface area contributed by atoms with Gasteiger partial charge in [-0.3, -0.25) is 0 Å². The molecule has 0 aliphatic carbocycles. The maximum absolute atomic E-state index is 2.81. The van der Waals surface area contributed by atoms with Gasteiger partial charge in [0.15, 0.2) is 0 Å². The van der Waals surface area contributed by atoms with E-state index in [-0.39, 0.29) is 0 Å². The molecule has 0 aromatic heterocycles. The topological polar surface area (TPSA) is 0 Å². The second-order valence-corrected chi connectivity index (χ2v) is 4.55. The fraction of sp³-hybridized carbons (Fsp3) is 1.00. The molecule has 0 amide bonds. The fourth-order valence-corrected chi connectivity index (χ4v) is 1.92. The van der Waals surface area contributed by atoms with E-state index in [0.717, 1.165) is 0 Å². The van der Waals surface area contributed by atoms with E-state index in [2.05, 4.69) is 23.2 Å². The van der Waals surface area contributed by atoms with Crippen LogP contribution in [0.1, 0.15) is 71.1 Å². The van der Waals surface area contributed by atoms with Gasteiger partial charge in [0, 0.05) is 0 Å². The Bertz CT molecular complexity index is 71.2. The highest BCUT2D eigenvalue weighted by Gasteiger charge is 1.90. The van der Waals surface area contributed by atoms with Crippen LogP contribution < -0.4 is 0 Å². The summed E-state index contributed by atoms with van der Waals surface area (Å²) in [7, 11) is 0. The largest absolute Gasteiger partial charge is 0.118 e. The molecule has 0 heterocycles. The smallest absolute Gasteiger partial charge is 0.118 e. The molecule has 0 nitrogen and oxygen atoms in total. The summed E-state index contributed by atoms with van der Waals surface area (Å²) >= 11 is 2.81. The molecule has 0 aliphatic heterocycles. The zero-order valence-electron chi connectivity index (χ0n) is 9.36. The zero-order chi connectivity index (χ0) is 9.78. The van der Waals surface area contributed by atoms with Gasteiger partial charge in [0.2, 0.25) is 0 Å². The van der Waals surface area contributed by atoms with E-state index in [1.54, 1.807) is 0 Å². The van der Waals surface area contributed by atoms with Gasteiger partial charge in [-0.2, -0.15) is 0 Å². The second kappa shape index (κ2) is 12.5. The molecule has 0 saturated carbocycles. The normalized spacial score (nSPS) is 10.5. The third-order valence-corrected chi connectivity index (χ3v) is 2.97. The van der Waals surface area contributed by atoms with E-state index < -0.39 is 0 Å². The summed E-state index contributed by atoms with van der Waals surface area (Å²) < 4.78 is 0. The maximum Gasteiger partial charge on any atom is 0.118 e. The van der Waals surface area contributed by atoms with Crippen LogP contribution in [0.5, 0.6) is 0 Å². The van der Waals surface area contributed by atoms with Crippen molar-refractivity contribution in [1.82, 2.24) is 0 Å². The molecule has 0 fully saturated rings. The lowest BCUT2D eigenvalue weighted by Gasteiger charge is -2.00. The molecule has 0 saturated heterocycles. The third-order valence-electron chi connectivity index (χ3n) is 2.56. The van der Waals surface area contributed by atoms with Crippen LogP contribution in [-0.4, -0.2) is 16.3 Å². The molecule has 13 heavy (non-hydrogen) atoms. The molecule has 2 radical (unpaired) electrons. The standard InChI is InChI=1S/C12H25.Al/c1-3-5-7-9-11-12-10-8-6-4-2;/h1,3-12H2,2H3;. The van der Waals surface area contributed by atoms with Crippen LogP contribution in [-0.2, 0) is 0 Å². The van der Waals surface area contributed by atoms with Crippen molar-refractivity contribution in [2.24, 2.45) is 0 Å². The Morgan fingerprint density at radius 2 is 1.00 bits per heavy atom. The molecule has 0 aliphatic rings. The van der Waals surface area contributed by atoms with E-state index in [0.29, 0.717) is 0 Å². The first kappa shape index (κ1) is 13.5. The minimum absolute atomic E-state index is 1.29. The van der Waals surface area contributed by atoms with Crippen LogP contribution in [0.15, 0.2) is 0 Å². The highest BCUT2D eigenvalue weighted by atomic mass is 27.0. The summed E-state index contributed by atoms with van der Waals surface area (Å²) in [5.41, 5.74) is 0. The van der Waals surface area contributed by atoms with Crippen LogP contribution in [0.25, 0.3) is 0 Å². The molecule has 0 atom stereocenters. The highest BCUT2D eigenvalue weighted by Crippen LogP contribution is 2.10. The van der Waals surface area contributed by atoms with Gasteiger partial charge in [0.1, 0.15) is 16.3 Å². The van der Waals surface area contributed by atoms with Crippen molar-refractivity contribution >= 4 is 16.3 Å². The fourth-order valence-electron chi connectivity index (χ4n) is 1.63. The summed E-state index contributed by atoms with van der Waals surface area (Å²) in [6, 6.07) is 0. The second-order valence-electron chi connectivity index (χ2n) is 3.97. The number of unbranched alkanes of at least 4 members (excludes halogenated alkanes) is 9. The first-order valence-electron chi connectivity index (χ1n) is 6.12. The minimum atomic E-state index is 1.29. The summed E-state index contributed by atoms with van der Waals surface area (Å²) in [6.45, 7) is 2.28. The quantitative estimate of drug-likeness (QED) is 0.356. The Hall–Kier alpha value is 0.532. The highest BCUT2D eigenvalue weighted by molar-refractivity contribution is 6.08. The molecular weight excluding hydrogens is 171 g/mol. The van der Waals surface area contributed by atoms with Crippen molar-refractivity contribution in [3.05, 3.63) is 0 Å². The maximum atomic E-state index is 2.81. The molecule has 0 aromatic rings. The van der Waals surface area contributed by atoms with Crippen molar-refractivity contribution in [2.75, 3.05) is 0 Å². The van der Waals surface area contributed by atoms with E-state index in [9.17, 15) is 0 Å². The Labute approximate surface area is 92.9 Å². The van der Waals surface area contributed by atoms with Crippen molar-refractivity contribution < 1.29 is 0 Å². The predicted octanol–water partition coefficient (Wildman–Crippen LogP) is 4.49. The van der Waals surface area contributed by atoms with Crippen LogP contribution in [0.3, 0.4) is 0 Å². The molecular formula is C12H25Al. The predicted molar refractivity (Wildman–Crippen MR) is 62.4 cm³/mol. The lowest BCUT2D eigenvalue weighted by molar-refractivity contribution is 0.562. The van der Waals surface area contributed by atoms with Crippen LogP contribution in [0, 0.1) is 0 Å². The van der Waals surface area contributed by atoms with Gasteiger partial charge in [-0.15, -0.1) is 5.28 Å².